The molecule has 7 nitrogen and oxygen atoms in total. The number of rotatable bonds is 5. The molecule has 0 radical (unpaired) electrons. The fourth-order valence-corrected chi connectivity index (χ4v) is 3.27. The minimum absolute atomic E-state index is 0.00274. The van der Waals surface area contributed by atoms with Crippen molar-refractivity contribution < 1.29 is 14.3 Å². The average Bonchev–Trinajstić information content (AvgIpc) is 2.98. The highest BCUT2D eigenvalue weighted by molar-refractivity contribution is 8.00. The molecule has 0 unspecified atom stereocenters. The smallest absolute Gasteiger partial charge is 0.346 e. The second-order valence-electron chi connectivity index (χ2n) is 4.94. The van der Waals surface area contributed by atoms with Crippen LogP contribution in [0.5, 0.6) is 0 Å². The van der Waals surface area contributed by atoms with Crippen molar-refractivity contribution in [2.24, 2.45) is 0 Å². The lowest BCUT2D eigenvalue weighted by atomic mass is 10.2. The minimum atomic E-state index is -0.542. The number of aromatic nitrogens is 2. The molecule has 0 saturated carbocycles. The van der Waals surface area contributed by atoms with E-state index in [9.17, 15) is 14.4 Å². The monoisotopic (exact) mass is 325 g/mol. The number of hydrogen-bond acceptors (Lipinski definition) is 6. The molecule has 0 spiro atoms. The highest BCUT2D eigenvalue weighted by Crippen LogP contribution is 2.22. The van der Waals surface area contributed by atoms with Gasteiger partial charge in [0.25, 0.3) is 0 Å². The van der Waals surface area contributed by atoms with Gasteiger partial charge in [-0.25, -0.2) is 9.59 Å². The SMILES string of the molecule is CCOC(=O)c1c(SCC(=O)N2CCCC2)nc(=O)[nH]c1C. The van der Waals surface area contributed by atoms with Crippen molar-refractivity contribution in [2.45, 2.75) is 31.7 Å². The average molecular weight is 325 g/mol. The molecule has 0 aliphatic carbocycles. The quantitative estimate of drug-likeness (QED) is 0.493. The molecule has 2 heterocycles. The second-order valence-corrected chi connectivity index (χ2v) is 5.91. The maximum absolute atomic E-state index is 12.1. The summed E-state index contributed by atoms with van der Waals surface area (Å²) >= 11 is 1.10. The number of ether oxygens (including phenoxy) is 1. The number of aromatic amines is 1. The third-order valence-corrected chi connectivity index (χ3v) is 4.32. The van der Waals surface area contributed by atoms with Gasteiger partial charge in [0.1, 0.15) is 10.6 Å². The second kappa shape index (κ2) is 7.44. The van der Waals surface area contributed by atoms with Crippen LogP contribution in [0.1, 0.15) is 35.8 Å². The number of esters is 1. The van der Waals surface area contributed by atoms with E-state index >= 15 is 0 Å². The Balaban J connectivity index is 2.16. The third-order valence-electron chi connectivity index (χ3n) is 3.36. The van der Waals surface area contributed by atoms with Gasteiger partial charge in [-0.05, 0) is 26.7 Å². The van der Waals surface area contributed by atoms with E-state index in [1.54, 1.807) is 18.7 Å². The molecule has 0 atom stereocenters. The zero-order valence-electron chi connectivity index (χ0n) is 12.7. The molecule has 1 aliphatic heterocycles. The van der Waals surface area contributed by atoms with E-state index in [4.69, 9.17) is 4.74 Å². The van der Waals surface area contributed by atoms with Crippen LogP contribution in [0.3, 0.4) is 0 Å². The summed E-state index contributed by atoms with van der Waals surface area (Å²) in [6.07, 6.45) is 2.04. The molecule has 2 rings (SSSR count). The van der Waals surface area contributed by atoms with Crippen molar-refractivity contribution in [3.05, 3.63) is 21.7 Å². The van der Waals surface area contributed by atoms with Gasteiger partial charge in [0.05, 0.1) is 12.4 Å². The van der Waals surface area contributed by atoms with Crippen LogP contribution < -0.4 is 5.69 Å². The lowest BCUT2D eigenvalue weighted by molar-refractivity contribution is -0.127. The fourth-order valence-electron chi connectivity index (χ4n) is 2.30. The normalized spacial score (nSPS) is 14.2. The van der Waals surface area contributed by atoms with Gasteiger partial charge >= 0.3 is 11.7 Å². The Labute approximate surface area is 132 Å². The Bertz CT molecular complexity index is 623. The number of carbonyl (C=O) groups is 2. The van der Waals surface area contributed by atoms with Crippen molar-refractivity contribution >= 4 is 23.6 Å². The van der Waals surface area contributed by atoms with Gasteiger partial charge in [0, 0.05) is 18.8 Å². The highest BCUT2D eigenvalue weighted by atomic mass is 32.2. The fraction of sp³-hybridized carbons (Fsp3) is 0.571. The van der Waals surface area contributed by atoms with Gasteiger partial charge in [-0.3, -0.25) is 4.79 Å². The number of aryl methyl sites for hydroxylation is 1. The standard InChI is InChI=1S/C14H19N3O4S/c1-3-21-13(19)11-9(2)15-14(20)16-12(11)22-8-10(18)17-6-4-5-7-17/h3-8H2,1-2H3,(H,15,16,20). The van der Waals surface area contributed by atoms with Crippen LogP contribution in [0, 0.1) is 6.92 Å². The molecular weight excluding hydrogens is 306 g/mol. The lowest BCUT2D eigenvalue weighted by Crippen LogP contribution is -2.29. The van der Waals surface area contributed by atoms with Gasteiger partial charge in [-0.1, -0.05) is 11.8 Å². The molecule has 8 heteroatoms. The molecule has 0 aromatic carbocycles. The zero-order valence-corrected chi connectivity index (χ0v) is 13.5. The molecule has 22 heavy (non-hydrogen) atoms. The summed E-state index contributed by atoms with van der Waals surface area (Å²) in [4.78, 5) is 43.7. The predicted molar refractivity (Wildman–Crippen MR) is 82.1 cm³/mol. The number of amides is 1. The van der Waals surface area contributed by atoms with Crippen LogP contribution >= 0.6 is 11.8 Å². The largest absolute Gasteiger partial charge is 0.462 e. The van der Waals surface area contributed by atoms with Crippen LogP contribution in [0.25, 0.3) is 0 Å². The van der Waals surface area contributed by atoms with E-state index in [0.717, 1.165) is 37.7 Å². The predicted octanol–water partition coefficient (Wildman–Crippen LogP) is 0.970. The maximum atomic E-state index is 12.1. The van der Waals surface area contributed by atoms with Gasteiger partial charge < -0.3 is 14.6 Å². The van der Waals surface area contributed by atoms with Crippen LogP contribution in [0.4, 0.5) is 0 Å². The Morgan fingerprint density at radius 1 is 1.36 bits per heavy atom. The van der Waals surface area contributed by atoms with Crippen LogP contribution in [0.15, 0.2) is 9.82 Å². The number of thioether (sulfide) groups is 1. The molecule has 120 valence electrons. The van der Waals surface area contributed by atoms with E-state index in [1.165, 1.54) is 0 Å². The number of hydrogen-bond donors (Lipinski definition) is 1. The molecule has 1 N–H and O–H groups in total. The number of likely N-dealkylation sites (tertiary alicyclic amines) is 1. The first-order valence-electron chi connectivity index (χ1n) is 7.21. The topological polar surface area (TPSA) is 92.4 Å². The van der Waals surface area contributed by atoms with E-state index in [0.29, 0.717) is 5.69 Å². The van der Waals surface area contributed by atoms with Crippen molar-refractivity contribution in [1.82, 2.24) is 14.9 Å². The summed E-state index contributed by atoms with van der Waals surface area (Å²) < 4.78 is 4.99. The van der Waals surface area contributed by atoms with Gasteiger partial charge in [-0.15, -0.1) is 0 Å². The van der Waals surface area contributed by atoms with Gasteiger partial charge in [-0.2, -0.15) is 4.98 Å². The summed E-state index contributed by atoms with van der Waals surface area (Å²) in [6.45, 7) is 5.09. The highest BCUT2D eigenvalue weighted by Gasteiger charge is 2.22. The number of H-pyrrole nitrogens is 1. The van der Waals surface area contributed by atoms with Crippen molar-refractivity contribution in [2.75, 3.05) is 25.4 Å². The van der Waals surface area contributed by atoms with Crippen LogP contribution in [-0.4, -0.2) is 52.2 Å². The number of carbonyl (C=O) groups excluding carboxylic acids is 2. The first-order valence-corrected chi connectivity index (χ1v) is 8.20. The van der Waals surface area contributed by atoms with Gasteiger partial charge in [0.2, 0.25) is 5.91 Å². The summed E-state index contributed by atoms with van der Waals surface area (Å²) in [7, 11) is 0. The van der Waals surface area contributed by atoms with Crippen molar-refractivity contribution in [3.63, 3.8) is 0 Å². The molecule has 1 amide bonds. The van der Waals surface area contributed by atoms with Crippen molar-refractivity contribution in [1.29, 1.82) is 0 Å². The van der Waals surface area contributed by atoms with E-state index < -0.39 is 11.7 Å². The van der Waals surface area contributed by atoms with Crippen LogP contribution in [0.2, 0.25) is 0 Å². The molecule has 1 fully saturated rings. The summed E-state index contributed by atoms with van der Waals surface area (Å²) in [5, 5.41) is 0.243. The zero-order chi connectivity index (χ0) is 16.1. The number of nitrogens with zero attached hydrogens (tertiary/aromatic N) is 2. The minimum Gasteiger partial charge on any atom is -0.462 e. The summed E-state index contributed by atoms with van der Waals surface area (Å²) in [6, 6.07) is 0. The number of nitrogens with one attached hydrogen (secondary N) is 1. The Kier molecular flexibility index (Phi) is 5.59. The van der Waals surface area contributed by atoms with E-state index in [1.807, 2.05) is 0 Å². The molecular formula is C14H19N3O4S. The lowest BCUT2D eigenvalue weighted by Gasteiger charge is -2.15. The van der Waals surface area contributed by atoms with E-state index in [2.05, 4.69) is 9.97 Å². The Hall–Kier alpha value is -1.83. The molecule has 1 aromatic heterocycles. The molecule has 0 bridgehead atoms. The molecule has 1 aromatic rings. The van der Waals surface area contributed by atoms with E-state index in [-0.39, 0.29) is 28.9 Å². The molecule has 1 aliphatic rings. The molecule has 1 saturated heterocycles. The van der Waals surface area contributed by atoms with Gasteiger partial charge in [0.15, 0.2) is 0 Å². The Morgan fingerprint density at radius 3 is 2.68 bits per heavy atom. The first-order chi connectivity index (χ1) is 10.5. The van der Waals surface area contributed by atoms with Crippen LogP contribution in [-0.2, 0) is 9.53 Å². The summed E-state index contributed by atoms with van der Waals surface area (Å²) in [5.41, 5.74) is 0.0805. The Morgan fingerprint density at radius 2 is 2.05 bits per heavy atom. The third kappa shape index (κ3) is 3.88. The maximum Gasteiger partial charge on any atom is 0.346 e. The first kappa shape index (κ1) is 16.5. The van der Waals surface area contributed by atoms with Crippen molar-refractivity contribution in [3.8, 4) is 0 Å². The summed E-state index contributed by atoms with van der Waals surface area (Å²) in [5.74, 6) is -0.389.